The fraction of sp³-hybridized carbons (Fsp3) is 0.269. The van der Waals surface area contributed by atoms with Crippen molar-refractivity contribution >= 4 is 26.2 Å². The van der Waals surface area contributed by atoms with E-state index in [0.29, 0.717) is 0 Å². The first-order chi connectivity index (χ1) is 18.0. The van der Waals surface area contributed by atoms with Crippen LogP contribution in [0.5, 0.6) is 0 Å². The molecular formula is C26H26O10S2. The Morgan fingerprint density at radius 3 is 1.87 bits per heavy atom. The SMILES string of the molecule is Cc1ccc(S(=O)(=O)OC[C@@H]2O[C@@H](O)[C@@H](OC(=O)c3ccccc3)[C@@H]2OS(=O)(=O)c2ccc(C)cc2)cc1. The van der Waals surface area contributed by atoms with Crippen molar-refractivity contribution in [3.8, 4) is 0 Å². The number of carbonyl (C=O) groups excluding carboxylic acids is 1. The molecule has 0 aliphatic carbocycles. The Labute approximate surface area is 221 Å². The molecule has 0 amide bonds. The average molecular weight is 563 g/mol. The van der Waals surface area contributed by atoms with Crippen LogP contribution in [0.25, 0.3) is 0 Å². The summed E-state index contributed by atoms with van der Waals surface area (Å²) in [6.07, 6.45) is -6.49. The molecule has 0 radical (unpaired) electrons. The highest BCUT2D eigenvalue weighted by molar-refractivity contribution is 7.87. The smallest absolute Gasteiger partial charge is 0.338 e. The Hall–Kier alpha value is -3.13. The summed E-state index contributed by atoms with van der Waals surface area (Å²) in [4.78, 5) is 12.4. The molecule has 3 aromatic rings. The van der Waals surface area contributed by atoms with Crippen molar-refractivity contribution in [1.82, 2.24) is 0 Å². The first kappa shape index (κ1) is 27.9. The van der Waals surface area contributed by atoms with E-state index in [1.165, 1.54) is 36.4 Å². The Balaban J connectivity index is 1.59. The predicted octanol–water partition coefficient (Wildman–Crippen LogP) is 2.73. The third-order valence-corrected chi connectivity index (χ3v) is 8.40. The number of esters is 1. The molecule has 1 fully saturated rings. The first-order valence-electron chi connectivity index (χ1n) is 11.5. The zero-order valence-corrected chi connectivity index (χ0v) is 22.1. The van der Waals surface area contributed by atoms with Gasteiger partial charge >= 0.3 is 5.97 Å². The highest BCUT2D eigenvalue weighted by Gasteiger charge is 2.50. The van der Waals surface area contributed by atoms with Gasteiger partial charge in [0.05, 0.1) is 22.0 Å². The van der Waals surface area contributed by atoms with Crippen molar-refractivity contribution < 1.29 is 44.6 Å². The van der Waals surface area contributed by atoms with Gasteiger partial charge in [0.25, 0.3) is 20.2 Å². The van der Waals surface area contributed by atoms with E-state index in [0.717, 1.165) is 11.1 Å². The normalized spacial score (nSPS) is 21.8. The van der Waals surface area contributed by atoms with Gasteiger partial charge in [-0.05, 0) is 50.2 Å². The Kier molecular flexibility index (Phi) is 8.31. The van der Waals surface area contributed by atoms with Crippen LogP contribution >= 0.6 is 0 Å². The maximum atomic E-state index is 13.0. The molecule has 38 heavy (non-hydrogen) atoms. The van der Waals surface area contributed by atoms with E-state index in [1.807, 2.05) is 0 Å². The lowest BCUT2D eigenvalue weighted by molar-refractivity contribution is -0.133. The second-order valence-corrected chi connectivity index (χ2v) is 11.9. The van der Waals surface area contributed by atoms with Gasteiger partial charge in [-0.1, -0.05) is 53.6 Å². The van der Waals surface area contributed by atoms with E-state index >= 15 is 0 Å². The molecule has 1 heterocycles. The fourth-order valence-corrected chi connectivity index (χ4v) is 5.71. The quantitative estimate of drug-likeness (QED) is 0.305. The van der Waals surface area contributed by atoms with E-state index in [4.69, 9.17) is 17.8 Å². The second kappa shape index (κ2) is 11.3. The molecule has 0 bridgehead atoms. The topological polar surface area (TPSA) is 143 Å². The van der Waals surface area contributed by atoms with Gasteiger partial charge in [0.1, 0.15) is 12.2 Å². The van der Waals surface area contributed by atoms with Crippen molar-refractivity contribution in [3.05, 3.63) is 95.6 Å². The Morgan fingerprint density at radius 1 is 0.789 bits per heavy atom. The van der Waals surface area contributed by atoms with Gasteiger partial charge in [-0.2, -0.15) is 16.8 Å². The third-order valence-electron chi connectivity index (χ3n) is 5.78. The molecule has 12 heteroatoms. The standard InChI is InChI=1S/C26H26O10S2/c1-17-8-12-20(13-9-17)37(29,30)33-16-22-23(36-38(31,32)21-14-10-18(2)11-15-21)24(26(28)34-22)35-25(27)19-6-4-3-5-7-19/h3-15,22-24,26,28H,16H2,1-2H3/t22-,23+,24-,26+/m0/s1. The highest BCUT2D eigenvalue weighted by atomic mass is 32.2. The molecule has 10 nitrogen and oxygen atoms in total. The van der Waals surface area contributed by atoms with Crippen molar-refractivity contribution in [1.29, 1.82) is 0 Å². The molecule has 4 atom stereocenters. The maximum absolute atomic E-state index is 13.0. The molecule has 1 saturated heterocycles. The molecule has 4 rings (SSSR count). The summed E-state index contributed by atoms with van der Waals surface area (Å²) < 4.78 is 72.7. The monoisotopic (exact) mass is 562 g/mol. The summed E-state index contributed by atoms with van der Waals surface area (Å²) in [5, 5.41) is 10.5. The summed E-state index contributed by atoms with van der Waals surface area (Å²) in [6.45, 7) is 2.85. The number of aliphatic hydroxyl groups is 1. The van der Waals surface area contributed by atoms with Crippen molar-refractivity contribution in [3.63, 3.8) is 0 Å². The number of aryl methyl sites for hydroxylation is 2. The summed E-state index contributed by atoms with van der Waals surface area (Å²) in [5.41, 5.74) is 1.79. The van der Waals surface area contributed by atoms with Gasteiger partial charge < -0.3 is 14.6 Å². The lowest BCUT2D eigenvalue weighted by Crippen LogP contribution is -2.42. The minimum absolute atomic E-state index is 0.126. The number of rotatable bonds is 9. The van der Waals surface area contributed by atoms with Crippen molar-refractivity contribution in [2.24, 2.45) is 0 Å². The van der Waals surface area contributed by atoms with E-state index < -0.39 is 57.4 Å². The zero-order valence-electron chi connectivity index (χ0n) is 20.5. The molecule has 1 aliphatic rings. The van der Waals surface area contributed by atoms with Gasteiger partial charge in [0, 0.05) is 0 Å². The van der Waals surface area contributed by atoms with Gasteiger partial charge in [-0.3, -0.25) is 8.37 Å². The molecule has 0 saturated carbocycles. The average Bonchev–Trinajstić information content (AvgIpc) is 3.17. The van der Waals surface area contributed by atoms with Gasteiger partial charge in [0.2, 0.25) is 0 Å². The Morgan fingerprint density at radius 2 is 1.32 bits per heavy atom. The van der Waals surface area contributed by atoms with Crippen LogP contribution < -0.4 is 0 Å². The van der Waals surface area contributed by atoms with Crippen LogP contribution in [0.3, 0.4) is 0 Å². The fourth-order valence-electron chi connectivity index (χ4n) is 3.69. The molecule has 0 aromatic heterocycles. The molecular weight excluding hydrogens is 536 g/mol. The lowest BCUT2D eigenvalue weighted by Gasteiger charge is -2.23. The lowest BCUT2D eigenvalue weighted by atomic mass is 10.1. The largest absolute Gasteiger partial charge is 0.450 e. The molecule has 202 valence electrons. The van der Waals surface area contributed by atoms with Crippen LogP contribution in [0.15, 0.2) is 88.7 Å². The minimum atomic E-state index is -4.45. The number of hydrogen-bond donors (Lipinski definition) is 1. The van der Waals surface area contributed by atoms with Crippen molar-refractivity contribution in [2.45, 2.75) is 48.2 Å². The van der Waals surface area contributed by atoms with E-state index in [-0.39, 0.29) is 15.4 Å². The molecule has 1 N–H and O–H groups in total. The van der Waals surface area contributed by atoms with Crippen LogP contribution in [-0.2, 0) is 38.1 Å². The highest BCUT2D eigenvalue weighted by Crippen LogP contribution is 2.30. The van der Waals surface area contributed by atoms with Crippen LogP contribution in [0.4, 0.5) is 0 Å². The number of carbonyl (C=O) groups is 1. The van der Waals surface area contributed by atoms with Crippen LogP contribution in [0, 0.1) is 13.8 Å². The van der Waals surface area contributed by atoms with Crippen LogP contribution in [0.1, 0.15) is 21.5 Å². The van der Waals surface area contributed by atoms with Gasteiger partial charge in [-0.15, -0.1) is 0 Å². The van der Waals surface area contributed by atoms with Crippen LogP contribution in [0.2, 0.25) is 0 Å². The maximum Gasteiger partial charge on any atom is 0.338 e. The summed E-state index contributed by atoms with van der Waals surface area (Å²) in [5.74, 6) is -0.867. The van der Waals surface area contributed by atoms with Gasteiger partial charge in [0.15, 0.2) is 12.4 Å². The summed E-state index contributed by atoms with van der Waals surface area (Å²) >= 11 is 0. The van der Waals surface area contributed by atoms with Crippen molar-refractivity contribution in [2.75, 3.05) is 6.61 Å². The van der Waals surface area contributed by atoms with Gasteiger partial charge in [-0.25, -0.2) is 4.79 Å². The second-order valence-electron chi connectivity index (χ2n) is 8.68. The van der Waals surface area contributed by atoms with E-state index in [1.54, 1.807) is 56.3 Å². The number of ether oxygens (including phenoxy) is 2. The third kappa shape index (κ3) is 6.46. The predicted molar refractivity (Wildman–Crippen MR) is 134 cm³/mol. The summed E-state index contributed by atoms with van der Waals surface area (Å²) in [6, 6.07) is 19.5. The first-order valence-corrected chi connectivity index (χ1v) is 14.3. The Bertz CT molecular complexity index is 1470. The zero-order chi connectivity index (χ0) is 27.5. The molecule has 3 aromatic carbocycles. The summed E-state index contributed by atoms with van der Waals surface area (Å²) in [7, 11) is -8.71. The van der Waals surface area contributed by atoms with E-state index in [9.17, 15) is 26.7 Å². The van der Waals surface area contributed by atoms with Crippen LogP contribution in [-0.4, -0.2) is 59.1 Å². The molecule has 0 unspecified atom stereocenters. The number of aliphatic hydroxyl groups excluding tert-OH is 1. The minimum Gasteiger partial charge on any atom is -0.450 e. The van der Waals surface area contributed by atoms with E-state index in [2.05, 4.69) is 0 Å². The molecule has 0 spiro atoms. The number of benzene rings is 3. The number of hydrogen-bond acceptors (Lipinski definition) is 10. The molecule has 1 aliphatic heterocycles.